The zero-order chi connectivity index (χ0) is 17.1. The van der Waals surface area contributed by atoms with Gasteiger partial charge in [0.05, 0.1) is 5.36 Å². The van der Waals surface area contributed by atoms with E-state index in [2.05, 4.69) is 49.7 Å². The van der Waals surface area contributed by atoms with Gasteiger partial charge in [0, 0.05) is 37.0 Å². The lowest BCUT2D eigenvalue weighted by atomic mass is 10.2. The van der Waals surface area contributed by atoms with Crippen molar-refractivity contribution >= 4 is 16.8 Å². The van der Waals surface area contributed by atoms with Gasteiger partial charge in [-0.1, -0.05) is 6.92 Å². The number of hydrogen-bond donors (Lipinski definition) is 0. The van der Waals surface area contributed by atoms with E-state index in [-0.39, 0.29) is 0 Å². The Bertz CT molecular complexity index is 864. The van der Waals surface area contributed by atoms with Gasteiger partial charge < -0.3 is 9.32 Å². The molecule has 4 nitrogen and oxygen atoms in total. The molecule has 1 atom stereocenters. The predicted octanol–water partition coefficient (Wildman–Crippen LogP) is 4.48. The highest BCUT2D eigenvalue weighted by Crippen LogP contribution is 2.27. The van der Waals surface area contributed by atoms with E-state index in [1.165, 1.54) is 0 Å². The maximum absolute atomic E-state index is 6.13. The summed E-state index contributed by atoms with van der Waals surface area (Å²) in [6.45, 7) is 10.5. The zero-order valence-corrected chi connectivity index (χ0v) is 14.9. The lowest BCUT2D eigenvalue weighted by molar-refractivity contribution is 0.611. The average molecular weight is 323 g/mol. The predicted molar refractivity (Wildman–Crippen MR) is 99.5 cm³/mol. The minimum atomic E-state index is 0.310. The van der Waals surface area contributed by atoms with Crippen molar-refractivity contribution in [3.63, 3.8) is 0 Å². The lowest BCUT2D eigenvalue weighted by Crippen LogP contribution is -2.21. The molecule has 0 saturated heterocycles. The van der Waals surface area contributed by atoms with Gasteiger partial charge in [0.2, 0.25) is 0 Å². The van der Waals surface area contributed by atoms with Gasteiger partial charge in [-0.15, -0.1) is 0 Å². The Morgan fingerprint density at radius 3 is 2.58 bits per heavy atom. The van der Waals surface area contributed by atoms with Crippen LogP contribution in [0.5, 0.6) is 0 Å². The van der Waals surface area contributed by atoms with Crippen LogP contribution in [0.3, 0.4) is 0 Å². The van der Waals surface area contributed by atoms with Crippen LogP contribution in [0.25, 0.3) is 22.6 Å². The smallest absolute Gasteiger partial charge is 0.155 e. The van der Waals surface area contributed by atoms with Crippen molar-refractivity contribution in [2.24, 2.45) is 4.99 Å². The maximum Gasteiger partial charge on any atom is 0.155 e. The molecule has 1 aromatic rings. The molecule has 1 heterocycles. The minimum Gasteiger partial charge on any atom is -0.453 e. The van der Waals surface area contributed by atoms with Gasteiger partial charge in [-0.05, 0) is 51.5 Å². The van der Waals surface area contributed by atoms with Gasteiger partial charge >= 0.3 is 0 Å². The molecule has 2 aliphatic rings. The number of hydrogen-bond acceptors (Lipinski definition) is 4. The molecule has 24 heavy (non-hydrogen) atoms. The molecule has 0 amide bonds. The second-order valence-electron chi connectivity index (χ2n) is 6.08. The third-order valence-electron chi connectivity index (χ3n) is 4.44. The van der Waals surface area contributed by atoms with E-state index in [1.807, 2.05) is 24.3 Å². The van der Waals surface area contributed by atoms with Gasteiger partial charge in [-0.25, -0.2) is 4.98 Å². The first-order valence-corrected chi connectivity index (χ1v) is 8.78. The monoisotopic (exact) mass is 323 g/mol. The van der Waals surface area contributed by atoms with Gasteiger partial charge in [0.15, 0.2) is 11.3 Å². The Labute approximate surface area is 143 Å². The molecule has 1 unspecified atom stereocenters. The van der Waals surface area contributed by atoms with E-state index < -0.39 is 0 Å². The summed E-state index contributed by atoms with van der Waals surface area (Å²) in [7, 11) is 0. The van der Waals surface area contributed by atoms with Crippen molar-refractivity contribution in [3.8, 4) is 11.5 Å². The van der Waals surface area contributed by atoms with Crippen molar-refractivity contribution in [1.82, 2.24) is 4.98 Å². The van der Waals surface area contributed by atoms with Crippen LogP contribution in [0.1, 0.15) is 34.1 Å². The summed E-state index contributed by atoms with van der Waals surface area (Å²) < 4.78 is 6.13. The van der Waals surface area contributed by atoms with Crippen LogP contribution in [0.15, 0.2) is 45.8 Å². The number of benzene rings is 2. The highest BCUT2D eigenvalue weighted by molar-refractivity contribution is 5.80. The normalized spacial score (nSPS) is 13.6. The molecule has 0 spiro atoms. The first-order valence-electron chi connectivity index (χ1n) is 8.78. The van der Waals surface area contributed by atoms with E-state index in [4.69, 9.17) is 9.40 Å². The zero-order valence-electron chi connectivity index (χ0n) is 14.9. The van der Waals surface area contributed by atoms with Crippen LogP contribution in [0, 0.1) is 0 Å². The SMILES string of the molecule is CCC(C)N=c1ccc2nc3ccc(N(CC)CC)cc3oc-2c1. The summed E-state index contributed by atoms with van der Waals surface area (Å²) in [6.07, 6.45) is 1.03. The van der Waals surface area contributed by atoms with Crippen LogP contribution >= 0.6 is 0 Å². The van der Waals surface area contributed by atoms with E-state index in [9.17, 15) is 0 Å². The summed E-state index contributed by atoms with van der Waals surface area (Å²) in [5.41, 5.74) is 3.72. The Morgan fingerprint density at radius 2 is 1.88 bits per heavy atom. The third-order valence-corrected chi connectivity index (χ3v) is 4.44. The molecule has 126 valence electrons. The fraction of sp³-hybridized carbons (Fsp3) is 0.400. The molecule has 3 rings (SSSR count). The van der Waals surface area contributed by atoms with Gasteiger partial charge in [-0.2, -0.15) is 0 Å². The van der Waals surface area contributed by atoms with E-state index >= 15 is 0 Å². The maximum atomic E-state index is 6.13. The standard InChI is InChI=1S/C20H25N3O/c1-5-14(4)21-15-8-10-17-19(12-15)24-20-13-16(23(6-2)7-3)9-11-18(20)22-17/h8-14H,5-7H2,1-4H3. The lowest BCUT2D eigenvalue weighted by Gasteiger charge is -2.21. The van der Waals surface area contributed by atoms with Gasteiger partial charge in [0.1, 0.15) is 11.2 Å². The van der Waals surface area contributed by atoms with Crippen LogP contribution in [0.2, 0.25) is 0 Å². The molecular formula is C20H25N3O. The highest BCUT2D eigenvalue weighted by Gasteiger charge is 2.11. The molecule has 1 aliphatic carbocycles. The van der Waals surface area contributed by atoms with Crippen molar-refractivity contribution in [3.05, 3.63) is 41.8 Å². The van der Waals surface area contributed by atoms with E-state index in [0.717, 1.165) is 53.1 Å². The average Bonchev–Trinajstić information content (AvgIpc) is 2.60. The topological polar surface area (TPSA) is 41.6 Å². The summed E-state index contributed by atoms with van der Waals surface area (Å²) >= 11 is 0. The molecular weight excluding hydrogens is 298 g/mol. The largest absolute Gasteiger partial charge is 0.453 e. The second-order valence-corrected chi connectivity index (χ2v) is 6.08. The molecule has 0 saturated carbocycles. The Kier molecular flexibility index (Phi) is 4.84. The van der Waals surface area contributed by atoms with Crippen molar-refractivity contribution in [2.75, 3.05) is 18.0 Å². The molecule has 1 aromatic carbocycles. The fourth-order valence-electron chi connectivity index (χ4n) is 2.81. The molecule has 0 fully saturated rings. The number of anilines is 1. The van der Waals surface area contributed by atoms with E-state index in [1.54, 1.807) is 0 Å². The first-order chi connectivity index (χ1) is 11.6. The second kappa shape index (κ2) is 7.04. The van der Waals surface area contributed by atoms with Gasteiger partial charge in [0.25, 0.3) is 0 Å². The molecule has 1 aliphatic heterocycles. The van der Waals surface area contributed by atoms with Crippen LogP contribution in [0.4, 0.5) is 5.69 Å². The Morgan fingerprint density at radius 1 is 1.08 bits per heavy atom. The number of rotatable bonds is 5. The molecule has 4 heteroatoms. The summed E-state index contributed by atoms with van der Waals surface area (Å²) in [4.78, 5) is 11.7. The third kappa shape index (κ3) is 3.28. The van der Waals surface area contributed by atoms with E-state index in [0.29, 0.717) is 6.04 Å². The Hall–Kier alpha value is -2.36. The summed E-state index contributed by atoms with van der Waals surface area (Å²) in [6, 6.07) is 12.5. The molecule has 0 bridgehead atoms. The van der Waals surface area contributed by atoms with Crippen LogP contribution < -0.4 is 10.3 Å². The van der Waals surface area contributed by atoms with Crippen LogP contribution in [-0.4, -0.2) is 24.1 Å². The fourth-order valence-corrected chi connectivity index (χ4v) is 2.81. The summed E-state index contributed by atoms with van der Waals surface area (Å²) in [5, 5.41) is 0.946. The quantitative estimate of drug-likeness (QED) is 0.650. The number of nitrogens with zero attached hydrogens (tertiary/aromatic N) is 3. The Balaban J connectivity index is 2.12. The van der Waals surface area contributed by atoms with Crippen LogP contribution in [-0.2, 0) is 0 Å². The molecule has 0 radical (unpaired) electrons. The summed E-state index contributed by atoms with van der Waals surface area (Å²) in [5.74, 6) is 0.781. The highest BCUT2D eigenvalue weighted by atomic mass is 16.3. The number of aromatic nitrogens is 1. The van der Waals surface area contributed by atoms with Crippen molar-refractivity contribution in [2.45, 2.75) is 40.2 Å². The number of fused-ring (bicyclic) bond motifs is 2. The van der Waals surface area contributed by atoms with Gasteiger partial charge in [-0.3, -0.25) is 4.99 Å². The first kappa shape index (κ1) is 16.5. The van der Waals surface area contributed by atoms with Crippen molar-refractivity contribution < 1.29 is 4.42 Å². The molecule has 0 aromatic heterocycles. The van der Waals surface area contributed by atoms with Crippen molar-refractivity contribution in [1.29, 1.82) is 0 Å². The molecule has 0 N–H and O–H groups in total. The minimum absolute atomic E-state index is 0.310.